The lowest BCUT2D eigenvalue weighted by Gasteiger charge is -2.38. The Balaban J connectivity index is 2.39. The van der Waals surface area contributed by atoms with E-state index >= 15 is 0 Å². The molecular formula is C15H20OS. The second-order valence-electron chi connectivity index (χ2n) is 4.41. The number of benzene rings is 1. The van der Waals surface area contributed by atoms with Gasteiger partial charge in [-0.1, -0.05) is 36.4 Å². The fraction of sp³-hybridized carbons (Fsp3) is 0.333. The molecule has 1 aromatic carbocycles. The summed E-state index contributed by atoms with van der Waals surface area (Å²) in [5.74, 6) is 0.854. The molecule has 17 heavy (non-hydrogen) atoms. The van der Waals surface area contributed by atoms with Crippen LogP contribution < -0.4 is 0 Å². The maximum Gasteiger partial charge on any atom is 0.0513 e. The number of rotatable bonds is 4. The Morgan fingerprint density at radius 2 is 1.94 bits per heavy atom. The van der Waals surface area contributed by atoms with Gasteiger partial charge in [-0.2, -0.15) is 10.0 Å². The van der Waals surface area contributed by atoms with Gasteiger partial charge in [-0.15, -0.1) is 0 Å². The summed E-state index contributed by atoms with van der Waals surface area (Å²) in [5, 5.41) is 9.36. The Morgan fingerprint density at radius 3 is 2.53 bits per heavy atom. The van der Waals surface area contributed by atoms with E-state index in [1.807, 2.05) is 6.07 Å². The minimum absolute atomic E-state index is 0.256. The molecule has 1 N–H and O–H groups in total. The third-order valence-electron chi connectivity index (χ3n) is 3.24. The van der Waals surface area contributed by atoms with Crippen molar-refractivity contribution in [2.24, 2.45) is 0 Å². The van der Waals surface area contributed by atoms with Crippen LogP contribution in [0.5, 0.6) is 0 Å². The topological polar surface area (TPSA) is 20.2 Å². The van der Waals surface area contributed by atoms with Gasteiger partial charge in [0, 0.05) is 5.75 Å². The quantitative estimate of drug-likeness (QED) is 0.861. The number of hydrogen-bond donors (Lipinski definition) is 1. The van der Waals surface area contributed by atoms with Crippen molar-refractivity contribution in [2.75, 3.05) is 18.6 Å². The van der Waals surface area contributed by atoms with Crippen LogP contribution in [0.4, 0.5) is 0 Å². The summed E-state index contributed by atoms with van der Waals surface area (Å²) in [6, 6.07) is 10.6. The highest BCUT2D eigenvalue weighted by atomic mass is 32.3. The van der Waals surface area contributed by atoms with Crippen molar-refractivity contribution in [3.63, 3.8) is 0 Å². The SMILES string of the molecule is CS(CCO)(C1=CCCC=C1)c1ccccc1. The molecule has 92 valence electrons. The van der Waals surface area contributed by atoms with Crippen molar-refractivity contribution in [1.29, 1.82) is 0 Å². The minimum atomic E-state index is -1.05. The highest BCUT2D eigenvalue weighted by molar-refractivity contribution is 8.36. The van der Waals surface area contributed by atoms with E-state index in [0.29, 0.717) is 0 Å². The Hall–Kier alpha value is -0.990. The van der Waals surface area contributed by atoms with E-state index in [4.69, 9.17) is 0 Å². The second kappa shape index (κ2) is 5.56. The largest absolute Gasteiger partial charge is 0.396 e. The van der Waals surface area contributed by atoms with Crippen molar-refractivity contribution < 1.29 is 5.11 Å². The second-order valence-corrected chi connectivity index (χ2v) is 7.94. The van der Waals surface area contributed by atoms with E-state index in [0.717, 1.165) is 18.6 Å². The maximum atomic E-state index is 9.36. The van der Waals surface area contributed by atoms with Crippen molar-refractivity contribution in [1.82, 2.24) is 0 Å². The maximum absolute atomic E-state index is 9.36. The van der Waals surface area contributed by atoms with Crippen LogP contribution in [0.15, 0.2) is 58.4 Å². The van der Waals surface area contributed by atoms with Crippen molar-refractivity contribution in [2.45, 2.75) is 17.7 Å². The average molecular weight is 248 g/mol. The lowest BCUT2D eigenvalue weighted by atomic mass is 10.2. The van der Waals surface area contributed by atoms with Gasteiger partial charge in [-0.3, -0.25) is 0 Å². The van der Waals surface area contributed by atoms with Crippen LogP contribution in [0.3, 0.4) is 0 Å². The van der Waals surface area contributed by atoms with Gasteiger partial charge in [0.1, 0.15) is 0 Å². The molecule has 1 nitrogen and oxygen atoms in total. The van der Waals surface area contributed by atoms with E-state index in [2.05, 4.69) is 48.7 Å². The Morgan fingerprint density at radius 1 is 1.18 bits per heavy atom. The molecule has 0 fully saturated rings. The van der Waals surface area contributed by atoms with Crippen LogP contribution in [0.1, 0.15) is 12.8 Å². The molecule has 0 saturated carbocycles. The molecule has 2 rings (SSSR count). The van der Waals surface area contributed by atoms with Crippen LogP contribution in [0.25, 0.3) is 0 Å². The van der Waals surface area contributed by atoms with Gasteiger partial charge in [-0.05, 0) is 41.0 Å². The first kappa shape index (κ1) is 12.5. The zero-order valence-corrected chi connectivity index (χ0v) is 11.1. The molecule has 0 bridgehead atoms. The molecule has 1 aliphatic carbocycles. The predicted molar refractivity (Wildman–Crippen MR) is 76.6 cm³/mol. The van der Waals surface area contributed by atoms with E-state index in [9.17, 15) is 5.11 Å². The Bertz CT molecular complexity index is 422. The molecule has 0 amide bonds. The summed E-state index contributed by atoms with van der Waals surface area (Å²) in [6.45, 7) is 0.256. The number of allylic oxidation sites excluding steroid dienone is 3. The first-order valence-corrected chi connectivity index (χ1v) is 8.27. The zero-order valence-electron chi connectivity index (χ0n) is 10.3. The van der Waals surface area contributed by atoms with E-state index < -0.39 is 10.0 Å². The van der Waals surface area contributed by atoms with Gasteiger partial charge in [-0.25, -0.2) is 0 Å². The first-order valence-electron chi connectivity index (χ1n) is 6.06. The molecule has 0 aliphatic heterocycles. The van der Waals surface area contributed by atoms with Crippen molar-refractivity contribution >= 4 is 10.0 Å². The fourth-order valence-electron chi connectivity index (χ4n) is 2.20. The lowest BCUT2D eigenvalue weighted by Crippen LogP contribution is -2.10. The molecule has 0 spiro atoms. The summed E-state index contributed by atoms with van der Waals surface area (Å²) < 4.78 is 0. The molecule has 2 heteroatoms. The van der Waals surface area contributed by atoms with E-state index in [1.165, 1.54) is 9.80 Å². The highest BCUT2D eigenvalue weighted by Crippen LogP contribution is 2.59. The molecule has 0 radical (unpaired) electrons. The lowest BCUT2D eigenvalue weighted by molar-refractivity contribution is 0.322. The van der Waals surface area contributed by atoms with Gasteiger partial charge in [0.2, 0.25) is 0 Å². The molecule has 1 unspecified atom stereocenters. The third-order valence-corrected chi connectivity index (χ3v) is 6.90. The van der Waals surface area contributed by atoms with Gasteiger partial charge in [0.15, 0.2) is 0 Å². The first-order chi connectivity index (χ1) is 8.27. The molecule has 0 saturated heterocycles. The van der Waals surface area contributed by atoms with Crippen molar-refractivity contribution in [3.05, 3.63) is 53.5 Å². The standard InChI is InChI=1S/C15H20OS/c1-17(13-12-16,14-8-4-2-5-9-14)15-10-6-3-7-11-15/h2,4-6,8-11,16H,3,7,12-13H2,1H3. The summed E-state index contributed by atoms with van der Waals surface area (Å²) in [5.41, 5.74) is 0. The van der Waals surface area contributed by atoms with Gasteiger partial charge >= 0.3 is 0 Å². The Kier molecular flexibility index (Phi) is 4.08. The zero-order chi connectivity index (χ0) is 12.1. The van der Waals surface area contributed by atoms with Crippen LogP contribution in [0, 0.1) is 0 Å². The summed E-state index contributed by atoms with van der Waals surface area (Å²) in [4.78, 5) is 2.79. The molecule has 0 heterocycles. The third kappa shape index (κ3) is 2.64. The monoisotopic (exact) mass is 248 g/mol. The van der Waals surface area contributed by atoms with Gasteiger partial charge < -0.3 is 5.11 Å². The fourth-order valence-corrected chi connectivity index (χ4v) is 4.95. The molecular weight excluding hydrogens is 228 g/mol. The molecule has 0 aromatic heterocycles. The Labute approximate surface area is 105 Å². The molecule has 1 aromatic rings. The highest BCUT2D eigenvalue weighted by Gasteiger charge is 2.23. The molecule has 1 aliphatic rings. The molecule has 1 atom stereocenters. The summed E-state index contributed by atoms with van der Waals surface area (Å²) in [6.07, 6.45) is 11.4. The number of hydrogen-bond acceptors (Lipinski definition) is 1. The number of aliphatic hydroxyl groups is 1. The van der Waals surface area contributed by atoms with E-state index in [1.54, 1.807) is 0 Å². The smallest absolute Gasteiger partial charge is 0.0513 e. The van der Waals surface area contributed by atoms with Crippen LogP contribution in [-0.4, -0.2) is 23.7 Å². The van der Waals surface area contributed by atoms with Gasteiger partial charge in [0.25, 0.3) is 0 Å². The predicted octanol–water partition coefficient (Wildman–Crippen LogP) is 3.71. The summed E-state index contributed by atoms with van der Waals surface area (Å²) in [7, 11) is -1.05. The van der Waals surface area contributed by atoms with Crippen molar-refractivity contribution in [3.8, 4) is 0 Å². The van der Waals surface area contributed by atoms with Crippen LogP contribution in [-0.2, 0) is 0 Å². The van der Waals surface area contributed by atoms with Crippen LogP contribution in [0.2, 0.25) is 0 Å². The average Bonchev–Trinajstić information content (AvgIpc) is 2.41. The number of aliphatic hydroxyl groups excluding tert-OH is 1. The minimum Gasteiger partial charge on any atom is -0.396 e. The summed E-state index contributed by atoms with van der Waals surface area (Å²) >= 11 is 0. The van der Waals surface area contributed by atoms with Crippen LogP contribution >= 0.6 is 10.0 Å². The normalized spacial score (nSPS) is 20.5. The van der Waals surface area contributed by atoms with Gasteiger partial charge in [0.05, 0.1) is 6.61 Å². The van der Waals surface area contributed by atoms with E-state index in [-0.39, 0.29) is 6.61 Å².